The number of amides is 1. The molecule has 0 fully saturated rings. The first-order chi connectivity index (χ1) is 13.1. The predicted molar refractivity (Wildman–Crippen MR) is 106 cm³/mol. The molecule has 1 heterocycles. The second-order valence-electron chi connectivity index (χ2n) is 6.34. The molecule has 1 aromatic heterocycles. The van der Waals surface area contributed by atoms with Crippen molar-refractivity contribution in [3.05, 3.63) is 75.3 Å². The number of fused-ring (bicyclic) bond motifs is 1. The zero-order chi connectivity index (χ0) is 19.2. The van der Waals surface area contributed by atoms with Crippen LogP contribution in [0.25, 0.3) is 10.8 Å². The van der Waals surface area contributed by atoms with Crippen molar-refractivity contribution < 1.29 is 4.79 Å². The number of para-hydroxylation sites is 1. The van der Waals surface area contributed by atoms with Gasteiger partial charge in [-0.25, -0.2) is 4.68 Å². The maximum absolute atomic E-state index is 12.4. The zero-order valence-electron chi connectivity index (χ0n) is 15.1. The molecule has 0 radical (unpaired) electrons. The summed E-state index contributed by atoms with van der Waals surface area (Å²) in [6, 6.07) is 16.5. The number of hydrogen-bond acceptors (Lipinski definition) is 4. The van der Waals surface area contributed by atoms with Crippen molar-refractivity contribution >= 4 is 22.4 Å². The van der Waals surface area contributed by atoms with E-state index in [1.807, 2.05) is 37.4 Å². The molecule has 140 valence electrons. The van der Waals surface area contributed by atoms with Crippen molar-refractivity contribution in [1.82, 2.24) is 15.1 Å². The summed E-state index contributed by atoms with van der Waals surface area (Å²) in [6.07, 6.45) is 0.764. The summed E-state index contributed by atoms with van der Waals surface area (Å²) < 4.78 is 1.05. The quantitative estimate of drug-likeness (QED) is 0.618. The van der Waals surface area contributed by atoms with Gasteiger partial charge in [0.2, 0.25) is 5.91 Å². The van der Waals surface area contributed by atoms with Gasteiger partial charge < -0.3 is 10.2 Å². The fraction of sp³-hybridized carbons (Fsp3) is 0.250. The Hall–Kier alpha value is -3.35. The molecule has 0 saturated carbocycles. The molecule has 0 saturated heterocycles. The topological polar surface area (TPSA) is 87.2 Å². The highest BCUT2D eigenvalue weighted by molar-refractivity contribution is 5.81. The van der Waals surface area contributed by atoms with Crippen LogP contribution in [-0.4, -0.2) is 35.8 Å². The van der Waals surface area contributed by atoms with Crippen molar-refractivity contribution in [2.45, 2.75) is 13.0 Å². The normalized spacial score (nSPS) is 10.7. The number of aromatic amines is 1. The van der Waals surface area contributed by atoms with Crippen molar-refractivity contribution in [2.75, 3.05) is 25.0 Å². The van der Waals surface area contributed by atoms with Gasteiger partial charge in [0.25, 0.3) is 11.1 Å². The Morgan fingerprint density at radius 2 is 1.70 bits per heavy atom. The Bertz CT molecular complexity index is 1040. The second-order valence-corrected chi connectivity index (χ2v) is 6.34. The lowest BCUT2D eigenvalue weighted by molar-refractivity contribution is -0.121. The Morgan fingerprint density at radius 3 is 2.44 bits per heavy atom. The molecule has 0 aliphatic carbocycles. The number of rotatable bonds is 7. The lowest BCUT2D eigenvalue weighted by atomic mass is 10.2. The third-order valence-corrected chi connectivity index (χ3v) is 4.37. The number of carbonyl (C=O) groups is 1. The minimum atomic E-state index is -0.387. The van der Waals surface area contributed by atoms with Gasteiger partial charge in [-0.15, -0.1) is 0 Å². The average Bonchev–Trinajstić information content (AvgIpc) is 2.70. The number of carbonyl (C=O) groups excluding carboxylic acids is 1. The average molecular weight is 366 g/mol. The third-order valence-electron chi connectivity index (χ3n) is 4.37. The number of nitrogens with zero attached hydrogens (tertiary/aromatic N) is 2. The Morgan fingerprint density at radius 1 is 1.04 bits per heavy atom. The third kappa shape index (κ3) is 4.44. The largest absolute Gasteiger partial charge is 0.375 e. The highest BCUT2D eigenvalue weighted by Crippen LogP contribution is 2.10. The fourth-order valence-electron chi connectivity index (χ4n) is 2.91. The number of H-pyrrole nitrogens is 1. The summed E-state index contributed by atoms with van der Waals surface area (Å²) in [4.78, 5) is 38.7. The van der Waals surface area contributed by atoms with Crippen LogP contribution < -0.4 is 21.3 Å². The molecule has 0 unspecified atom stereocenters. The summed E-state index contributed by atoms with van der Waals surface area (Å²) >= 11 is 0. The summed E-state index contributed by atoms with van der Waals surface area (Å²) in [5.41, 5.74) is 0.343. The molecule has 27 heavy (non-hydrogen) atoms. The van der Waals surface area contributed by atoms with Crippen LogP contribution in [0.4, 0.5) is 5.69 Å². The first kappa shape index (κ1) is 18.4. The van der Waals surface area contributed by atoms with Crippen LogP contribution in [-0.2, 0) is 11.3 Å². The molecule has 7 heteroatoms. The molecular formula is C20H22N4O3. The molecule has 2 N–H and O–H groups in total. The van der Waals surface area contributed by atoms with E-state index in [1.54, 1.807) is 24.3 Å². The smallest absolute Gasteiger partial charge is 0.273 e. The van der Waals surface area contributed by atoms with E-state index in [4.69, 9.17) is 0 Å². The molecule has 0 spiro atoms. The Kier molecular flexibility index (Phi) is 5.71. The molecule has 2 aromatic carbocycles. The Labute approximate surface area is 156 Å². The monoisotopic (exact) mass is 366 g/mol. The van der Waals surface area contributed by atoms with Crippen LogP contribution in [0.1, 0.15) is 6.42 Å². The van der Waals surface area contributed by atoms with Gasteiger partial charge in [0.15, 0.2) is 0 Å². The van der Waals surface area contributed by atoms with Crippen LogP contribution in [0.3, 0.4) is 0 Å². The van der Waals surface area contributed by atoms with Gasteiger partial charge in [0.05, 0.1) is 10.8 Å². The van der Waals surface area contributed by atoms with Crippen molar-refractivity contribution in [1.29, 1.82) is 0 Å². The summed E-state index contributed by atoms with van der Waals surface area (Å²) in [7, 11) is 2.00. The number of nitrogens with one attached hydrogen (secondary N) is 2. The van der Waals surface area contributed by atoms with Gasteiger partial charge in [-0.1, -0.05) is 30.3 Å². The van der Waals surface area contributed by atoms with Crippen LogP contribution in [0.15, 0.2) is 64.2 Å². The minimum Gasteiger partial charge on any atom is -0.375 e. The van der Waals surface area contributed by atoms with E-state index in [-0.39, 0.29) is 23.6 Å². The van der Waals surface area contributed by atoms with E-state index in [0.717, 1.165) is 23.3 Å². The maximum Gasteiger partial charge on any atom is 0.273 e. The van der Waals surface area contributed by atoms with E-state index in [1.165, 1.54) is 0 Å². The summed E-state index contributed by atoms with van der Waals surface area (Å²) in [6.45, 7) is 1.06. The van der Waals surface area contributed by atoms with Crippen LogP contribution >= 0.6 is 0 Å². The highest BCUT2D eigenvalue weighted by Gasteiger charge is 2.10. The predicted octanol–water partition coefficient (Wildman–Crippen LogP) is 1.33. The van der Waals surface area contributed by atoms with Crippen molar-refractivity contribution in [3.8, 4) is 0 Å². The lowest BCUT2D eigenvalue weighted by Gasteiger charge is -2.19. The molecule has 0 bridgehead atoms. The van der Waals surface area contributed by atoms with Gasteiger partial charge in [0.1, 0.15) is 6.54 Å². The van der Waals surface area contributed by atoms with Crippen LogP contribution in [0.5, 0.6) is 0 Å². The van der Waals surface area contributed by atoms with E-state index in [0.29, 0.717) is 17.3 Å². The van der Waals surface area contributed by atoms with Gasteiger partial charge in [0, 0.05) is 25.8 Å². The van der Waals surface area contributed by atoms with E-state index in [2.05, 4.69) is 15.3 Å². The van der Waals surface area contributed by atoms with Crippen LogP contribution in [0.2, 0.25) is 0 Å². The van der Waals surface area contributed by atoms with Gasteiger partial charge in [-0.2, -0.15) is 0 Å². The van der Waals surface area contributed by atoms with Crippen molar-refractivity contribution in [3.63, 3.8) is 0 Å². The Balaban J connectivity index is 1.54. The number of anilines is 1. The molecule has 0 aliphatic heterocycles. The van der Waals surface area contributed by atoms with E-state index >= 15 is 0 Å². The second kappa shape index (κ2) is 8.35. The lowest BCUT2D eigenvalue weighted by Crippen LogP contribution is -2.37. The zero-order valence-corrected chi connectivity index (χ0v) is 15.1. The molecule has 3 aromatic rings. The number of benzene rings is 2. The summed E-state index contributed by atoms with van der Waals surface area (Å²) in [5, 5.41) is 5.87. The van der Waals surface area contributed by atoms with Crippen LogP contribution in [0, 0.1) is 0 Å². The molecule has 3 rings (SSSR count). The van der Waals surface area contributed by atoms with Gasteiger partial charge in [-0.3, -0.25) is 19.5 Å². The van der Waals surface area contributed by atoms with E-state index < -0.39 is 0 Å². The maximum atomic E-state index is 12.4. The molecule has 0 aliphatic rings. The van der Waals surface area contributed by atoms with E-state index in [9.17, 15) is 14.4 Å². The first-order valence-electron chi connectivity index (χ1n) is 8.81. The van der Waals surface area contributed by atoms with Crippen molar-refractivity contribution in [2.24, 2.45) is 0 Å². The number of hydrogen-bond donors (Lipinski definition) is 2. The standard InChI is InChI=1S/C20H22N4O3/c1-23(15-8-3-2-4-9-15)13-7-12-21-18(25)14-24-20(27)17-11-6-5-10-16(17)19(26)22-24/h2-6,8-11H,7,12-14H2,1H3,(H,21,25)(H,22,26). The SMILES string of the molecule is CN(CCCNC(=O)Cn1[nH]c(=O)c2ccccc2c1=O)c1ccccc1. The fourth-order valence-corrected chi connectivity index (χ4v) is 2.91. The molecule has 1 amide bonds. The first-order valence-corrected chi connectivity index (χ1v) is 8.81. The summed E-state index contributed by atoms with van der Waals surface area (Å²) in [5.74, 6) is -0.314. The molecular weight excluding hydrogens is 344 g/mol. The van der Waals surface area contributed by atoms with Gasteiger partial charge >= 0.3 is 0 Å². The minimum absolute atomic E-state index is 0.215. The molecule has 7 nitrogen and oxygen atoms in total. The van der Waals surface area contributed by atoms with Gasteiger partial charge in [-0.05, 0) is 30.7 Å². The molecule has 0 atom stereocenters. The number of aromatic nitrogens is 2. The highest BCUT2D eigenvalue weighted by atomic mass is 16.2.